The van der Waals surface area contributed by atoms with E-state index >= 15 is 0 Å². The van der Waals surface area contributed by atoms with Crippen LogP contribution in [0.25, 0.3) is 0 Å². The molecule has 0 radical (unpaired) electrons. The zero-order chi connectivity index (χ0) is 19.9. The molecule has 0 saturated heterocycles. The second-order valence-electron chi connectivity index (χ2n) is 6.03. The third-order valence-corrected chi connectivity index (χ3v) is 4.37. The molecule has 28 heavy (non-hydrogen) atoms. The molecule has 0 aliphatic carbocycles. The van der Waals surface area contributed by atoms with Crippen molar-refractivity contribution in [3.05, 3.63) is 64.2 Å². The topological polar surface area (TPSA) is 96.6 Å². The van der Waals surface area contributed by atoms with Crippen molar-refractivity contribution in [1.82, 2.24) is 20.2 Å². The molecule has 0 unspecified atom stereocenters. The molecule has 0 spiro atoms. The molecule has 3 aromatic rings. The number of anilines is 1. The molecule has 0 fully saturated rings. The van der Waals surface area contributed by atoms with Crippen molar-refractivity contribution in [2.75, 3.05) is 11.9 Å². The lowest BCUT2D eigenvalue weighted by Crippen LogP contribution is -2.09. The number of nitrogens with one attached hydrogen (secondary N) is 1. The summed E-state index contributed by atoms with van der Waals surface area (Å²) in [7, 11) is 0. The lowest BCUT2D eigenvalue weighted by molar-refractivity contribution is 0.454. The van der Waals surface area contributed by atoms with E-state index in [1.165, 1.54) is 0 Å². The van der Waals surface area contributed by atoms with E-state index in [9.17, 15) is 0 Å². The van der Waals surface area contributed by atoms with Crippen molar-refractivity contribution < 1.29 is 4.74 Å². The summed E-state index contributed by atoms with van der Waals surface area (Å²) in [5, 5.41) is 20.2. The summed E-state index contributed by atoms with van der Waals surface area (Å²) in [6, 6.07) is 12.8. The fraction of sp³-hybridized carbons (Fsp3) is 0.250. The zero-order valence-electron chi connectivity index (χ0n) is 15.6. The minimum atomic E-state index is 0.250. The van der Waals surface area contributed by atoms with E-state index in [4.69, 9.17) is 21.6 Å². The summed E-state index contributed by atoms with van der Waals surface area (Å²) in [6.45, 7) is 4.57. The summed E-state index contributed by atoms with van der Waals surface area (Å²) in [5.41, 5.74) is 2.24. The van der Waals surface area contributed by atoms with Crippen LogP contribution in [0.3, 0.4) is 0 Å². The van der Waals surface area contributed by atoms with Gasteiger partial charge in [0.05, 0.1) is 5.69 Å². The molecule has 8 heteroatoms. The smallest absolute Gasteiger partial charge is 0.238 e. The SMILES string of the molecule is CCc1nc(C)nc(NCCc2ccc(Oc3ccc(C#N)nn3)cc2)c1Cl. The van der Waals surface area contributed by atoms with Crippen LogP contribution in [0.5, 0.6) is 11.6 Å². The second kappa shape index (κ2) is 9.11. The highest BCUT2D eigenvalue weighted by Crippen LogP contribution is 2.23. The van der Waals surface area contributed by atoms with Gasteiger partial charge in [-0.05, 0) is 43.5 Å². The molecule has 0 saturated carbocycles. The molecular formula is C20H19ClN6O. The Kier molecular flexibility index (Phi) is 6.35. The van der Waals surface area contributed by atoms with Gasteiger partial charge < -0.3 is 10.1 Å². The highest BCUT2D eigenvalue weighted by molar-refractivity contribution is 6.33. The van der Waals surface area contributed by atoms with Crippen LogP contribution >= 0.6 is 11.6 Å². The van der Waals surface area contributed by atoms with Crippen LogP contribution in [0.4, 0.5) is 5.82 Å². The number of hydrogen-bond acceptors (Lipinski definition) is 7. The first-order valence-electron chi connectivity index (χ1n) is 8.86. The molecule has 0 atom stereocenters. The lowest BCUT2D eigenvalue weighted by atomic mass is 10.1. The molecule has 7 nitrogen and oxygen atoms in total. The summed E-state index contributed by atoms with van der Waals surface area (Å²) in [4.78, 5) is 8.73. The summed E-state index contributed by atoms with van der Waals surface area (Å²) < 4.78 is 5.63. The molecule has 1 aromatic carbocycles. The predicted octanol–water partition coefficient (Wildman–Crippen LogP) is 4.11. The molecule has 0 aliphatic heterocycles. The maximum Gasteiger partial charge on any atom is 0.238 e. The molecule has 3 rings (SSSR count). The number of aryl methyl sites for hydroxylation is 2. The van der Waals surface area contributed by atoms with Gasteiger partial charge in [-0.2, -0.15) is 5.26 Å². The van der Waals surface area contributed by atoms with E-state index in [1.807, 2.05) is 44.2 Å². The number of ether oxygens (including phenoxy) is 1. The molecule has 142 valence electrons. The van der Waals surface area contributed by atoms with Gasteiger partial charge in [-0.3, -0.25) is 0 Å². The number of aromatic nitrogens is 4. The zero-order valence-corrected chi connectivity index (χ0v) is 16.4. The van der Waals surface area contributed by atoms with Gasteiger partial charge in [0.15, 0.2) is 5.69 Å². The Balaban J connectivity index is 1.56. The Morgan fingerprint density at radius 3 is 2.54 bits per heavy atom. The highest BCUT2D eigenvalue weighted by atomic mass is 35.5. The van der Waals surface area contributed by atoms with Crippen LogP contribution < -0.4 is 10.1 Å². The average Bonchev–Trinajstić information content (AvgIpc) is 2.72. The molecule has 0 bridgehead atoms. The van der Waals surface area contributed by atoms with Crippen LogP contribution in [0.15, 0.2) is 36.4 Å². The van der Waals surface area contributed by atoms with Gasteiger partial charge in [-0.15, -0.1) is 10.2 Å². The maximum atomic E-state index is 8.73. The predicted molar refractivity (Wildman–Crippen MR) is 107 cm³/mol. The maximum absolute atomic E-state index is 8.73. The number of benzene rings is 1. The van der Waals surface area contributed by atoms with Crippen LogP contribution in [0.2, 0.25) is 5.02 Å². The number of halogens is 1. The standard InChI is InChI=1S/C20H19ClN6O/c1-3-17-19(21)20(25-13(2)24-17)23-11-10-14-4-7-16(8-5-14)28-18-9-6-15(12-22)26-27-18/h4-9H,3,10-11H2,1-2H3,(H,23,24,25). The van der Waals surface area contributed by atoms with Gasteiger partial charge >= 0.3 is 0 Å². The Bertz CT molecular complexity index is 983. The number of nitrogens with zero attached hydrogens (tertiary/aromatic N) is 5. The second-order valence-corrected chi connectivity index (χ2v) is 6.40. The first-order chi connectivity index (χ1) is 13.6. The Morgan fingerprint density at radius 1 is 1.11 bits per heavy atom. The first-order valence-corrected chi connectivity index (χ1v) is 9.24. The largest absolute Gasteiger partial charge is 0.438 e. The van der Waals surface area contributed by atoms with E-state index in [-0.39, 0.29) is 5.69 Å². The molecule has 2 aromatic heterocycles. The quantitative estimate of drug-likeness (QED) is 0.643. The van der Waals surface area contributed by atoms with Crippen LogP contribution in [-0.2, 0) is 12.8 Å². The van der Waals surface area contributed by atoms with Gasteiger partial charge in [0.25, 0.3) is 0 Å². The van der Waals surface area contributed by atoms with Crippen molar-refractivity contribution in [3.8, 4) is 17.7 Å². The van der Waals surface area contributed by atoms with Gasteiger partial charge in [0.2, 0.25) is 5.88 Å². The third-order valence-electron chi connectivity index (χ3n) is 3.97. The van der Waals surface area contributed by atoms with Crippen LogP contribution in [0, 0.1) is 18.3 Å². The van der Waals surface area contributed by atoms with Gasteiger partial charge in [0.1, 0.15) is 28.5 Å². The Hall–Kier alpha value is -3.24. The monoisotopic (exact) mass is 394 g/mol. The van der Waals surface area contributed by atoms with Crippen molar-refractivity contribution in [2.24, 2.45) is 0 Å². The summed E-state index contributed by atoms with van der Waals surface area (Å²) in [5.74, 6) is 2.37. The van der Waals surface area contributed by atoms with Gasteiger partial charge in [0, 0.05) is 12.6 Å². The van der Waals surface area contributed by atoms with Crippen molar-refractivity contribution >= 4 is 17.4 Å². The fourth-order valence-electron chi connectivity index (χ4n) is 2.57. The van der Waals surface area contributed by atoms with E-state index in [0.717, 1.165) is 24.1 Å². The normalized spacial score (nSPS) is 10.4. The molecule has 0 aliphatic rings. The molecule has 2 heterocycles. The van der Waals surface area contributed by atoms with E-state index in [1.54, 1.807) is 12.1 Å². The first kappa shape index (κ1) is 19.5. The van der Waals surface area contributed by atoms with Crippen LogP contribution in [-0.4, -0.2) is 26.7 Å². The third kappa shape index (κ3) is 4.93. The van der Waals surface area contributed by atoms with E-state index in [2.05, 4.69) is 25.5 Å². The van der Waals surface area contributed by atoms with E-state index < -0.39 is 0 Å². The minimum absolute atomic E-state index is 0.250. The van der Waals surface area contributed by atoms with Crippen molar-refractivity contribution in [3.63, 3.8) is 0 Å². The van der Waals surface area contributed by atoms with Crippen molar-refractivity contribution in [1.29, 1.82) is 5.26 Å². The van der Waals surface area contributed by atoms with Crippen LogP contribution in [0.1, 0.15) is 29.7 Å². The van der Waals surface area contributed by atoms with Gasteiger partial charge in [-0.1, -0.05) is 30.7 Å². The van der Waals surface area contributed by atoms with E-state index in [0.29, 0.717) is 34.8 Å². The fourth-order valence-corrected chi connectivity index (χ4v) is 2.86. The molecule has 1 N–H and O–H groups in total. The Labute approximate surface area is 168 Å². The number of nitriles is 1. The van der Waals surface area contributed by atoms with Crippen molar-refractivity contribution in [2.45, 2.75) is 26.7 Å². The highest BCUT2D eigenvalue weighted by Gasteiger charge is 2.09. The number of hydrogen-bond donors (Lipinski definition) is 1. The summed E-state index contributed by atoms with van der Waals surface area (Å²) >= 11 is 6.35. The Morgan fingerprint density at radius 2 is 1.89 bits per heavy atom. The number of rotatable bonds is 7. The van der Waals surface area contributed by atoms with Gasteiger partial charge in [-0.25, -0.2) is 9.97 Å². The molecule has 0 amide bonds. The molecular weight excluding hydrogens is 376 g/mol. The average molecular weight is 395 g/mol. The summed E-state index contributed by atoms with van der Waals surface area (Å²) in [6.07, 6.45) is 1.57. The minimum Gasteiger partial charge on any atom is -0.438 e. The lowest BCUT2D eigenvalue weighted by Gasteiger charge is -2.11.